The van der Waals surface area contributed by atoms with Gasteiger partial charge in [-0.05, 0) is 42.7 Å². The Hall–Kier alpha value is -2.54. The van der Waals surface area contributed by atoms with E-state index in [9.17, 15) is 19.8 Å². The number of carboxylic acid groups (broad SMARTS) is 1. The normalized spacial score (nSPS) is 15.8. The highest BCUT2D eigenvalue weighted by molar-refractivity contribution is 5.67. The van der Waals surface area contributed by atoms with Gasteiger partial charge in [-0.2, -0.15) is 0 Å². The maximum absolute atomic E-state index is 12.2. The molecule has 0 amide bonds. The van der Waals surface area contributed by atoms with Crippen LogP contribution in [0.15, 0.2) is 29.1 Å². The molecule has 1 aliphatic carbocycles. The molecule has 152 valence electrons. The first kappa shape index (κ1) is 20.2. The Morgan fingerprint density at radius 3 is 2.68 bits per heavy atom. The maximum atomic E-state index is 12.2. The second-order valence-electron chi connectivity index (χ2n) is 7.67. The van der Waals surface area contributed by atoms with E-state index < -0.39 is 12.1 Å². The summed E-state index contributed by atoms with van der Waals surface area (Å²) >= 11 is 0. The van der Waals surface area contributed by atoms with Crippen LogP contribution in [0.5, 0.6) is 5.88 Å². The topological polar surface area (TPSA) is 116 Å². The van der Waals surface area contributed by atoms with E-state index in [2.05, 4.69) is 4.98 Å². The Balaban J connectivity index is 1.71. The standard InChI is InChI=1S/C21H28N2O5/c24-18(16-6-1-2-7-16)10-11-23-17(20(27)22-21(23)28)13-15-5-3-4-14(12-15)8-9-19(25)26/h3-5,12,16,18,24,27H,1-2,6-11,13H2,(H,22,28)(H,25,26). The minimum atomic E-state index is -0.844. The zero-order chi connectivity index (χ0) is 20.1. The van der Waals surface area contributed by atoms with Gasteiger partial charge >= 0.3 is 11.7 Å². The van der Waals surface area contributed by atoms with Crippen LogP contribution in [-0.4, -0.2) is 36.9 Å². The molecule has 1 heterocycles. The third kappa shape index (κ3) is 5.04. The number of aliphatic hydroxyl groups is 1. The summed E-state index contributed by atoms with van der Waals surface area (Å²) in [6.07, 6.45) is 5.25. The van der Waals surface area contributed by atoms with E-state index in [0.717, 1.165) is 36.8 Å². The Morgan fingerprint density at radius 1 is 1.25 bits per heavy atom. The van der Waals surface area contributed by atoms with Gasteiger partial charge in [0.25, 0.3) is 0 Å². The quantitative estimate of drug-likeness (QED) is 0.527. The third-order valence-electron chi connectivity index (χ3n) is 5.65. The number of aromatic hydroxyl groups is 1. The number of nitrogens with one attached hydrogen (secondary N) is 1. The van der Waals surface area contributed by atoms with E-state index in [4.69, 9.17) is 5.11 Å². The summed E-state index contributed by atoms with van der Waals surface area (Å²) in [6, 6.07) is 7.51. The number of aliphatic carboxylic acids is 1. The Morgan fingerprint density at radius 2 is 1.96 bits per heavy atom. The fourth-order valence-corrected chi connectivity index (χ4v) is 4.09. The van der Waals surface area contributed by atoms with Crippen molar-refractivity contribution < 1.29 is 20.1 Å². The van der Waals surface area contributed by atoms with E-state index in [1.54, 1.807) is 0 Å². The summed E-state index contributed by atoms with van der Waals surface area (Å²) in [4.78, 5) is 25.4. The number of H-pyrrole nitrogens is 1. The lowest BCUT2D eigenvalue weighted by Gasteiger charge is -2.18. The SMILES string of the molecule is O=C(O)CCc1cccc(Cc2c(O)[nH]c(=O)n2CCC(O)C2CCCC2)c1. The second kappa shape index (κ2) is 9.10. The molecule has 1 aromatic carbocycles. The zero-order valence-corrected chi connectivity index (χ0v) is 15.9. The van der Waals surface area contributed by atoms with E-state index in [1.807, 2.05) is 24.3 Å². The molecular formula is C21H28N2O5. The summed E-state index contributed by atoms with van der Waals surface area (Å²) in [6.45, 7) is 0.349. The molecule has 3 rings (SSSR count). The smallest absolute Gasteiger partial charge is 0.328 e. The molecule has 4 N–H and O–H groups in total. The van der Waals surface area contributed by atoms with Gasteiger partial charge in [-0.25, -0.2) is 4.79 Å². The van der Waals surface area contributed by atoms with Crippen LogP contribution in [0.1, 0.15) is 55.3 Å². The van der Waals surface area contributed by atoms with Gasteiger partial charge in [0, 0.05) is 19.4 Å². The molecule has 7 nitrogen and oxygen atoms in total. The van der Waals surface area contributed by atoms with Gasteiger partial charge in [0.15, 0.2) is 0 Å². The third-order valence-corrected chi connectivity index (χ3v) is 5.65. The number of aliphatic hydroxyl groups excluding tert-OH is 1. The molecule has 0 aliphatic heterocycles. The molecule has 1 unspecified atom stereocenters. The van der Waals surface area contributed by atoms with E-state index >= 15 is 0 Å². The fourth-order valence-electron chi connectivity index (χ4n) is 4.09. The molecule has 0 bridgehead atoms. The van der Waals surface area contributed by atoms with E-state index in [0.29, 0.717) is 37.4 Å². The number of aromatic amines is 1. The van der Waals surface area contributed by atoms with Crippen molar-refractivity contribution in [3.63, 3.8) is 0 Å². The zero-order valence-electron chi connectivity index (χ0n) is 15.9. The molecule has 1 aliphatic rings. The maximum Gasteiger partial charge on any atom is 0.328 e. The van der Waals surface area contributed by atoms with Crippen molar-refractivity contribution in [1.82, 2.24) is 9.55 Å². The molecule has 1 fully saturated rings. The summed E-state index contributed by atoms with van der Waals surface area (Å²) in [5.74, 6) is -0.697. The minimum absolute atomic E-state index is 0.0582. The molecule has 0 saturated heterocycles. The van der Waals surface area contributed by atoms with Crippen LogP contribution in [0.3, 0.4) is 0 Å². The number of nitrogens with zero attached hydrogens (tertiary/aromatic N) is 1. The second-order valence-corrected chi connectivity index (χ2v) is 7.67. The van der Waals surface area contributed by atoms with Crippen LogP contribution < -0.4 is 5.69 Å². The van der Waals surface area contributed by atoms with Crippen LogP contribution in [0.4, 0.5) is 0 Å². The highest BCUT2D eigenvalue weighted by Gasteiger charge is 2.24. The highest BCUT2D eigenvalue weighted by Crippen LogP contribution is 2.29. The van der Waals surface area contributed by atoms with Crippen molar-refractivity contribution in [2.45, 2.75) is 64.0 Å². The molecule has 7 heteroatoms. The summed E-state index contributed by atoms with van der Waals surface area (Å²) in [7, 11) is 0. The van der Waals surface area contributed by atoms with Crippen molar-refractivity contribution in [1.29, 1.82) is 0 Å². The van der Waals surface area contributed by atoms with Crippen molar-refractivity contribution in [3.05, 3.63) is 51.6 Å². The number of carbonyl (C=O) groups is 1. The van der Waals surface area contributed by atoms with Gasteiger partial charge in [0.05, 0.1) is 11.8 Å². The number of hydrogen-bond acceptors (Lipinski definition) is 4. The highest BCUT2D eigenvalue weighted by atomic mass is 16.4. The first-order valence-electron chi connectivity index (χ1n) is 9.92. The van der Waals surface area contributed by atoms with Crippen molar-refractivity contribution in [3.8, 4) is 5.88 Å². The van der Waals surface area contributed by atoms with Crippen molar-refractivity contribution >= 4 is 5.97 Å². The van der Waals surface area contributed by atoms with E-state index in [1.165, 1.54) is 4.57 Å². The lowest BCUT2D eigenvalue weighted by molar-refractivity contribution is -0.136. The minimum Gasteiger partial charge on any atom is -0.493 e. The fraction of sp³-hybridized carbons (Fsp3) is 0.524. The van der Waals surface area contributed by atoms with Gasteiger partial charge < -0.3 is 15.3 Å². The van der Waals surface area contributed by atoms with Crippen LogP contribution in [0.25, 0.3) is 0 Å². The molecule has 0 spiro atoms. The Labute approximate surface area is 163 Å². The molecular weight excluding hydrogens is 360 g/mol. The molecule has 28 heavy (non-hydrogen) atoms. The Kier molecular flexibility index (Phi) is 6.57. The van der Waals surface area contributed by atoms with Crippen LogP contribution >= 0.6 is 0 Å². The predicted octanol–water partition coefficient (Wildman–Crippen LogP) is 2.43. The molecule has 0 radical (unpaired) electrons. The molecule has 2 aromatic rings. The number of aryl methyl sites for hydroxylation is 1. The van der Waals surface area contributed by atoms with Gasteiger partial charge in [0.1, 0.15) is 0 Å². The average Bonchev–Trinajstić information content (AvgIpc) is 3.28. The molecule has 1 saturated carbocycles. The van der Waals surface area contributed by atoms with Gasteiger partial charge in [0.2, 0.25) is 5.88 Å². The number of rotatable bonds is 9. The number of hydrogen-bond donors (Lipinski definition) is 4. The first-order chi connectivity index (χ1) is 13.4. The number of benzene rings is 1. The average molecular weight is 388 g/mol. The lowest BCUT2D eigenvalue weighted by Crippen LogP contribution is -2.25. The van der Waals surface area contributed by atoms with Gasteiger partial charge in [-0.3, -0.25) is 14.3 Å². The van der Waals surface area contributed by atoms with Gasteiger partial charge in [-0.1, -0.05) is 37.1 Å². The van der Waals surface area contributed by atoms with Gasteiger partial charge in [-0.15, -0.1) is 0 Å². The molecule has 1 aromatic heterocycles. The number of imidazole rings is 1. The Bertz CT molecular complexity index is 864. The van der Waals surface area contributed by atoms with E-state index in [-0.39, 0.29) is 18.0 Å². The summed E-state index contributed by atoms with van der Waals surface area (Å²) in [5, 5.41) is 29.4. The number of carboxylic acids is 1. The van der Waals surface area contributed by atoms with Crippen LogP contribution in [0, 0.1) is 5.92 Å². The number of aromatic nitrogens is 2. The van der Waals surface area contributed by atoms with Crippen molar-refractivity contribution in [2.24, 2.45) is 5.92 Å². The summed E-state index contributed by atoms with van der Waals surface area (Å²) < 4.78 is 1.50. The predicted molar refractivity (Wildman–Crippen MR) is 105 cm³/mol. The monoisotopic (exact) mass is 388 g/mol. The summed E-state index contributed by atoms with van der Waals surface area (Å²) in [5.41, 5.74) is 1.90. The largest absolute Gasteiger partial charge is 0.493 e. The van der Waals surface area contributed by atoms with Crippen LogP contribution in [0.2, 0.25) is 0 Å². The first-order valence-corrected chi connectivity index (χ1v) is 9.92. The van der Waals surface area contributed by atoms with Crippen LogP contribution in [-0.2, 0) is 24.2 Å². The lowest BCUT2D eigenvalue weighted by atomic mass is 9.98. The molecule has 1 atom stereocenters. The van der Waals surface area contributed by atoms with Crippen molar-refractivity contribution in [2.75, 3.05) is 0 Å².